The molecule has 14 heteroatoms. The lowest BCUT2D eigenvalue weighted by atomic mass is 10.0. The average molecular weight is 771 g/mol. The van der Waals surface area contributed by atoms with Gasteiger partial charge in [-0.15, -0.1) is 0 Å². The Labute approximate surface area is 330 Å². The van der Waals surface area contributed by atoms with Gasteiger partial charge in [0.2, 0.25) is 5.91 Å². The van der Waals surface area contributed by atoms with Crippen molar-refractivity contribution in [2.24, 2.45) is 5.92 Å². The van der Waals surface area contributed by atoms with Gasteiger partial charge in [-0.05, 0) is 73.1 Å². The fourth-order valence-corrected chi connectivity index (χ4v) is 7.58. The van der Waals surface area contributed by atoms with E-state index in [0.717, 1.165) is 59.1 Å². The Bertz CT molecular complexity index is 2310. The maximum Gasteiger partial charge on any atom is 0.407 e. The van der Waals surface area contributed by atoms with E-state index in [1.807, 2.05) is 86.6 Å². The Morgan fingerprint density at radius 3 is 2.09 bits per heavy atom. The summed E-state index contributed by atoms with van der Waals surface area (Å²) >= 11 is 0. The van der Waals surface area contributed by atoms with Crippen LogP contribution in [0, 0.1) is 17.8 Å². The first-order chi connectivity index (χ1) is 27.6. The van der Waals surface area contributed by atoms with Crippen LogP contribution in [0.3, 0.4) is 0 Å². The summed E-state index contributed by atoms with van der Waals surface area (Å²) in [4.78, 5) is 71.5. The molecule has 0 radical (unpaired) electrons. The number of nitrogens with one attached hydrogen (secondary N) is 4. The van der Waals surface area contributed by atoms with E-state index in [4.69, 9.17) is 14.5 Å². The number of imidazole rings is 2. The number of H-pyrrole nitrogens is 2. The second kappa shape index (κ2) is 17.0. The highest BCUT2D eigenvalue weighted by Crippen LogP contribution is 2.35. The molecule has 5 aromatic rings. The van der Waals surface area contributed by atoms with Gasteiger partial charge in [0.1, 0.15) is 23.7 Å². The van der Waals surface area contributed by atoms with Crippen molar-refractivity contribution in [3.05, 3.63) is 107 Å². The highest BCUT2D eigenvalue weighted by atomic mass is 16.5. The van der Waals surface area contributed by atoms with Crippen molar-refractivity contribution in [2.45, 2.75) is 63.7 Å². The number of benzene rings is 3. The number of fused-ring (bicyclic) bond motifs is 1. The van der Waals surface area contributed by atoms with E-state index in [9.17, 15) is 19.2 Å². The van der Waals surface area contributed by atoms with Crippen molar-refractivity contribution in [1.29, 1.82) is 0 Å². The van der Waals surface area contributed by atoms with Crippen LogP contribution in [-0.2, 0) is 19.1 Å². The second-order valence-corrected chi connectivity index (χ2v) is 14.6. The van der Waals surface area contributed by atoms with Gasteiger partial charge >= 0.3 is 12.2 Å². The van der Waals surface area contributed by atoms with E-state index in [0.29, 0.717) is 30.3 Å². The summed E-state index contributed by atoms with van der Waals surface area (Å²) in [7, 11) is 2.56. The van der Waals surface area contributed by atoms with Gasteiger partial charge in [0.15, 0.2) is 0 Å². The van der Waals surface area contributed by atoms with Crippen molar-refractivity contribution in [1.82, 2.24) is 40.4 Å². The molecule has 4 atom stereocenters. The van der Waals surface area contributed by atoms with E-state index >= 15 is 0 Å². The van der Waals surface area contributed by atoms with E-state index in [1.54, 1.807) is 16.0 Å². The van der Waals surface area contributed by atoms with E-state index in [1.165, 1.54) is 14.2 Å². The molecule has 0 saturated carbocycles. The second-order valence-electron chi connectivity index (χ2n) is 14.6. The molecule has 7 rings (SSSR count). The normalized spacial score (nSPS) is 17.5. The molecule has 2 saturated heterocycles. The minimum absolute atomic E-state index is 0.112. The number of rotatable bonds is 9. The SMILES string of the molecule is COC(=O)N[C@H](C(=O)N1CCC[C@H]1c1ncc(-c2ccc(C#Cc3ccc4nc([C@@H]5CCCN5C(=O)[C@H](NC(=O)OC)c5ccccc5)[nH]c4c3)cc2)[nH]1)C(C)C. The molecule has 0 unspecified atom stereocenters. The maximum atomic E-state index is 13.9. The fraction of sp³-hybridized carbons (Fsp3) is 0.349. The van der Waals surface area contributed by atoms with Gasteiger partial charge < -0.3 is 39.9 Å². The number of carbonyl (C=O) groups excluding carboxylic acids is 4. The number of aromatic amines is 2. The topological polar surface area (TPSA) is 175 Å². The summed E-state index contributed by atoms with van der Waals surface area (Å²) in [5.74, 6) is 7.41. The molecule has 4 amide bonds. The minimum Gasteiger partial charge on any atom is -0.453 e. The molecule has 57 heavy (non-hydrogen) atoms. The zero-order valence-electron chi connectivity index (χ0n) is 32.4. The summed E-state index contributed by atoms with van der Waals surface area (Å²) in [5.41, 5.74) is 5.67. The van der Waals surface area contributed by atoms with Gasteiger partial charge in [0.25, 0.3) is 5.91 Å². The Hall–Kier alpha value is -6.62. The summed E-state index contributed by atoms with van der Waals surface area (Å²) in [6.07, 6.45) is 3.62. The first-order valence-corrected chi connectivity index (χ1v) is 19.2. The van der Waals surface area contributed by atoms with Gasteiger partial charge in [0.05, 0.1) is 49.2 Å². The number of amides is 4. The quantitative estimate of drug-likeness (QED) is 0.129. The van der Waals surface area contributed by atoms with Gasteiger partial charge in [-0.2, -0.15) is 0 Å². The Balaban J connectivity index is 1.02. The third kappa shape index (κ3) is 8.47. The number of nitrogens with zero attached hydrogens (tertiary/aromatic N) is 4. The van der Waals surface area contributed by atoms with Gasteiger partial charge in [-0.3, -0.25) is 9.59 Å². The zero-order valence-corrected chi connectivity index (χ0v) is 32.4. The molecule has 2 fully saturated rings. The Morgan fingerprint density at radius 1 is 0.772 bits per heavy atom. The van der Waals surface area contributed by atoms with Gasteiger partial charge in [-0.1, -0.05) is 68.2 Å². The smallest absolute Gasteiger partial charge is 0.407 e. The number of methoxy groups -OCH3 is 2. The minimum atomic E-state index is -0.890. The summed E-state index contributed by atoms with van der Waals surface area (Å²) in [6.45, 7) is 4.91. The lowest BCUT2D eigenvalue weighted by Crippen LogP contribution is -2.51. The number of hydrogen-bond donors (Lipinski definition) is 4. The zero-order chi connectivity index (χ0) is 40.1. The van der Waals surface area contributed by atoms with Crippen molar-refractivity contribution in [3.63, 3.8) is 0 Å². The number of alkyl carbamates (subject to hydrolysis) is 2. The predicted octanol–water partition coefficient (Wildman–Crippen LogP) is 6.16. The highest BCUT2D eigenvalue weighted by Gasteiger charge is 2.38. The van der Waals surface area contributed by atoms with E-state index in [-0.39, 0.29) is 29.8 Å². The Morgan fingerprint density at radius 2 is 1.40 bits per heavy atom. The monoisotopic (exact) mass is 770 g/mol. The molecule has 4 heterocycles. The number of carbonyl (C=O) groups is 4. The van der Waals surface area contributed by atoms with Crippen LogP contribution >= 0.6 is 0 Å². The predicted molar refractivity (Wildman–Crippen MR) is 212 cm³/mol. The molecule has 0 aliphatic carbocycles. The van der Waals surface area contributed by atoms with Crippen LogP contribution in [0.2, 0.25) is 0 Å². The first-order valence-electron chi connectivity index (χ1n) is 19.2. The number of aromatic nitrogens is 4. The molecule has 294 valence electrons. The summed E-state index contributed by atoms with van der Waals surface area (Å²) < 4.78 is 9.57. The average Bonchev–Trinajstić information content (AvgIpc) is 4.07. The molecule has 2 aliphatic rings. The van der Waals surface area contributed by atoms with Crippen molar-refractivity contribution < 1.29 is 28.7 Å². The third-order valence-corrected chi connectivity index (χ3v) is 10.6. The van der Waals surface area contributed by atoms with Crippen LogP contribution in [0.1, 0.15) is 86.0 Å². The first kappa shape index (κ1) is 38.6. The van der Waals surface area contributed by atoms with E-state index < -0.39 is 24.3 Å². The van der Waals surface area contributed by atoms with Crippen LogP contribution < -0.4 is 10.6 Å². The van der Waals surface area contributed by atoms with Gasteiger partial charge in [-0.25, -0.2) is 19.6 Å². The standard InChI is InChI=1S/C43H46N8O6/c1-26(2)36(48-42(54)56-3)40(52)50-22-8-12-34(50)38-44-25-33(47-38)29-19-16-27(17-20-29)14-15-28-18-21-31-32(24-28)46-39(45-31)35-13-9-23-51(35)41(53)37(49-43(55)57-4)30-10-6-5-7-11-30/h5-7,10-11,16-21,24-26,34-37H,8-9,12-13,22-23H2,1-4H3,(H,44,47)(H,45,46)(H,48,54)(H,49,55)/t34-,35-,36-,37+/m0/s1. The molecule has 2 aliphatic heterocycles. The molecule has 4 N–H and O–H groups in total. The molecule has 2 aromatic heterocycles. The molecule has 3 aromatic carbocycles. The largest absolute Gasteiger partial charge is 0.453 e. The number of hydrogen-bond acceptors (Lipinski definition) is 8. The third-order valence-electron chi connectivity index (χ3n) is 10.6. The van der Waals surface area contributed by atoms with Crippen molar-refractivity contribution in [3.8, 4) is 23.1 Å². The molecular formula is C43H46N8O6. The molecular weight excluding hydrogens is 725 g/mol. The lowest BCUT2D eigenvalue weighted by molar-refractivity contribution is -0.135. The van der Waals surface area contributed by atoms with Gasteiger partial charge in [0, 0.05) is 24.2 Å². The fourth-order valence-electron chi connectivity index (χ4n) is 7.58. The van der Waals surface area contributed by atoms with Crippen molar-refractivity contribution in [2.75, 3.05) is 27.3 Å². The van der Waals surface area contributed by atoms with Crippen LogP contribution in [0.25, 0.3) is 22.3 Å². The highest BCUT2D eigenvalue weighted by molar-refractivity contribution is 5.88. The maximum absolute atomic E-state index is 13.9. The van der Waals surface area contributed by atoms with Crippen LogP contribution in [0.5, 0.6) is 0 Å². The number of likely N-dealkylation sites (tertiary alicyclic amines) is 2. The molecule has 14 nitrogen and oxygen atoms in total. The Kier molecular flexibility index (Phi) is 11.5. The number of ether oxygens (including phenoxy) is 2. The van der Waals surface area contributed by atoms with Crippen LogP contribution in [-0.4, -0.2) is 87.1 Å². The van der Waals surface area contributed by atoms with Crippen LogP contribution in [0.4, 0.5) is 9.59 Å². The molecule has 0 spiro atoms. The lowest BCUT2D eigenvalue weighted by Gasteiger charge is -2.30. The van der Waals surface area contributed by atoms with Crippen molar-refractivity contribution >= 4 is 35.0 Å². The summed E-state index contributed by atoms with van der Waals surface area (Å²) in [6, 6.07) is 20.7. The van der Waals surface area contributed by atoms with E-state index in [2.05, 4.69) is 37.4 Å². The van der Waals surface area contributed by atoms with Crippen LogP contribution in [0.15, 0.2) is 79.0 Å². The summed E-state index contributed by atoms with van der Waals surface area (Å²) in [5, 5.41) is 5.39. The molecule has 0 bridgehead atoms.